The third-order valence-corrected chi connectivity index (χ3v) is 3.50. The average Bonchev–Trinajstić information content (AvgIpc) is 3.09. The fourth-order valence-corrected chi connectivity index (χ4v) is 2.39. The van der Waals surface area contributed by atoms with E-state index in [0.717, 1.165) is 10.4 Å². The minimum absolute atomic E-state index is 0.321. The molecule has 2 aromatic rings. The Hall–Kier alpha value is -2.46. The van der Waals surface area contributed by atoms with Crippen LogP contribution in [0.2, 0.25) is 0 Å². The Bertz CT molecular complexity index is 697. The van der Waals surface area contributed by atoms with Crippen molar-refractivity contribution in [2.45, 2.75) is 0 Å². The summed E-state index contributed by atoms with van der Waals surface area (Å²) < 4.78 is 5.11. The van der Waals surface area contributed by atoms with Gasteiger partial charge in [-0.05, 0) is 29.2 Å². The molecule has 0 aliphatic carbocycles. The van der Waals surface area contributed by atoms with E-state index < -0.39 is 5.97 Å². The molecule has 1 aliphatic rings. The first kappa shape index (κ1) is 12.6. The van der Waals surface area contributed by atoms with Crippen LogP contribution in [0.4, 0.5) is 0 Å². The zero-order valence-corrected chi connectivity index (χ0v) is 11.3. The molecule has 3 nitrogen and oxygen atoms in total. The maximum atomic E-state index is 11.7. The molecule has 3 rings (SSSR count). The summed E-state index contributed by atoms with van der Waals surface area (Å²) >= 11 is 1.55. The van der Waals surface area contributed by atoms with E-state index in [1.807, 2.05) is 53.9 Å². The number of cyclic esters (lactones) is 1. The molecule has 0 N–H and O–H groups in total. The highest BCUT2D eigenvalue weighted by Gasteiger charge is 2.21. The summed E-state index contributed by atoms with van der Waals surface area (Å²) in [6.07, 6.45) is 5.29. The molecule has 20 heavy (non-hydrogen) atoms. The molecular weight excluding hydrogens is 270 g/mol. The summed E-state index contributed by atoms with van der Waals surface area (Å²) in [5.41, 5.74) is 1.36. The minimum Gasteiger partial charge on any atom is -0.403 e. The van der Waals surface area contributed by atoms with Crippen molar-refractivity contribution >= 4 is 35.4 Å². The van der Waals surface area contributed by atoms with E-state index in [2.05, 4.69) is 4.99 Å². The Morgan fingerprint density at radius 2 is 1.90 bits per heavy atom. The van der Waals surface area contributed by atoms with Crippen molar-refractivity contribution in [3.8, 4) is 0 Å². The molecule has 0 amide bonds. The summed E-state index contributed by atoms with van der Waals surface area (Å²) in [6.45, 7) is 0. The number of esters is 1. The number of thiophene rings is 1. The van der Waals surface area contributed by atoms with Gasteiger partial charge in [0.05, 0.1) is 0 Å². The predicted octanol–water partition coefficient (Wildman–Crippen LogP) is 3.76. The molecule has 0 unspecified atom stereocenters. The first-order valence-electron chi connectivity index (χ1n) is 6.10. The first-order chi connectivity index (χ1) is 9.81. The van der Waals surface area contributed by atoms with Gasteiger partial charge in [0.25, 0.3) is 0 Å². The number of ether oxygens (including phenoxy) is 1. The van der Waals surface area contributed by atoms with E-state index in [0.29, 0.717) is 11.6 Å². The van der Waals surface area contributed by atoms with Crippen LogP contribution in [-0.2, 0) is 9.53 Å². The molecule has 1 aliphatic heterocycles. The molecule has 1 aromatic carbocycles. The van der Waals surface area contributed by atoms with Crippen LogP contribution in [0.3, 0.4) is 0 Å². The van der Waals surface area contributed by atoms with Gasteiger partial charge in [-0.15, -0.1) is 11.3 Å². The zero-order valence-electron chi connectivity index (χ0n) is 10.5. The highest BCUT2D eigenvalue weighted by Crippen LogP contribution is 2.19. The van der Waals surface area contributed by atoms with Crippen molar-refractivity contribution in [1.29, 1.82) is 0 Å². The van der Waals surface area contributed by atoms with Gasteiger partial charge in [0.2, 0.25) is 5.90 Å². The van der Waals surface area contributed by atoms with Crippen LogP contribution in [0, 0.1) is 0 Å². The molecule has 4 heteroatoms. The number of benzene rings is 1. The molecule has 0 saturated heterocycles. The molecule has 0 saturated carbocycles. The fraction of sp³-hybridized carbons (Fsp3) is 0. The second-order valence-corrected chi connectivity index (χ2v) is 5.11. The lowest BCUT2D eigenvalue weighted by Gasteiger charge is -1.92. The largest absolute Gasteiger partial charge is 0.403 e. The number of rotatable bonds is 3. The smallest absolute Gasteiger partial charge is 0.363 e. The van der Waals surface area contributed by atoms with Crippen molar-refractivity contribution in [1.82, 2.24) is 0 Å². The van der Waals surface area contributed by atoms with E-state index in [1.165, 1.54) is 0 Å². The van der Waals surface area contributed by atoms with Crippen molar-refractivity contribution in [2.75, 3.05) is 0 Å². The number of carbonyl (C=O) groups is 1. The Morgan fingerprint density at radius 1 is 1.05 bits per heavy atom. The third-order valence-electron chi connectivity index (χ3n) is 2.68. The molecule has 0 bridgehead atoms. The molecule has 98 valence electrons. The summed E-state index contributed by atoms with van der Waals surface area (Å²) in [7, 11) is 0. The Balaban J connectivity index is 1.79. The number of hydrogen-bond donors (Lipinski definition) is 0. The van der Waals surface area contributed by atoms with Gasteiger partial charge in [-0.3, -0.25) is 0 Å². The summed E-state index contributed by atoms with van der Waals surface area (Å²) in [6, 6.07) is 13.6. The maximum absolute atomic E-state index is 11.7. The fourth-order valence-electron chi connectivity index (χ4n) is 1.74. The van der Waals surface area contributed by atoms with Gasteiger partial charge in [-0.1, -0.05) is 36.4 Å². The normalized spacial score (nSPS) is 16.7. The Labute approximate surface area is 120 Å². The van der Waals surface area contributed by atoms with Gasteiger partial charge in [0.15, 0.2) is 5.70 Å². The first-order valence-corrected chi connectivity index (χ1v) is 6.98. The average molecular weight is 281 g/mol. The van der Waals surface area contributed by atoms with Crippen molar-refractivity contribution in [2.24, 2.45) is 4.99 Å². The van der Waals surface area contributed by atoms with Gasteiger partial charge < -0.3 is 4.74 Å². The van der Waals surface area contributed by atoms with Crippen molar-refractivity contribution in [3.63, 3.8) is 0 Å². The van der Waals surface area contributed by atoms with Crippen LogP contribution in [-0.4, -0.2) is 11.9 Å². The third kappa shape index (κ3) is 2.92. The van der Waals surface area contributed by atoms with Gasteiger partial charge >= 0.3 is 5.97 Å². The number of carbonyl (C=O) groups excluding carboxylic acids is 1. The highest BCUT2D eigenvalue weighted by molar-refractivity contribution is 7.10. The van der Waals surface area contributed by atoms with Crippen molar-refractivity contribution < 1.29 is 9.53 Å². The molecular formula is C16H11NO2S. The standard InChI is InChI=1S/C16H11NO2S/c18-16-14(11-13-7-4-10-20-13)17-15(19-16)9-8-12-5-2-1-3-6-12/h1-11H. The lowest BCUT2D eigenvalue weighted by Crippen LogP contribution is -2.00. The minimum atomic E-state index is -0.411. The van der Waals surface area contributed by atoms with E-state index in [9.17, 15) is 4.79 Å². The van der Waals surface area contributed by atoms with Crippen LogP contribution >= 0.6 is 11.3 Å². The topological polar surface area (TPSA) is 38.7 Å². The van der Waals surface area contributed by atoms with Crippen LogP contribution in [0.5, 0.6) is 0 Å². The number of nitrogens with zero attached hydrogens (tertiary/aromatic N) is 1. The van der Waals surface area contributed by atoms with E-state index in [1.54, 1.807) is 23.5 Å². The SMILES string of the molecule is O=C1OC(C=Cc2ccccc2)=NC1=Cc1cccs1. The molecule has 0 spiro atoms. The summed E-state index contributed by atoms with van der Waals surface area (Å²) in [4.78, 5) is 16.9. The Morgan fingerprint density at radius 3 is 2.65 bits per heavy atom. The lowest BCUT2D eigenvalue weighted by molar-refractivity contribution is -0.129. The van der Waals surface area contributed by atoms with E-state index in [-0.39, 0.29) is 0 Å². The maximum Gasteiger partial charge on any atom is 0.363 e. The summed E-state index contributed by atoms with van der Waals surface area (Å²) in [5, 5.41) is 1.95. The monoisotopic (exact) mass is 281 g/mol. The van der Waals surface area contributed by atoms with Gasteiger partial charge in [-0.25, -0.2) is 9.79 Å². The molecule has 0 radical (unpaired) electrons. The number of hydrogen-bond acceptors (Lipinski definition) is 4. The van der Waals surface area contributed by atoms with Gasteiger partial charge in [-0.2, -0.15) is 0 Å². The van der Waals surface area contributed by atoms with Gasteiger partial charge in [0, 0.05) is 11.0 Å². The van der Waals surface area contributed by atoms with Crippen LogP contribution in [0.1, 0.15) is 10.4 Å². The van der Waals surface area contributed by atoms with Crippen LogP contribution in [0.25, 0.3) is 12.2 Å². The van der Waals surface area contributed by atoms with E-state index in [4.69, 9.17) is 4.74 Å². The second-order valence-electron chi connectivity index (χ2n) is 4.13. The van der Waals surface area contributed by atoms with Crippen molar-refractivity contribution in [3.05, 3.63) is 70.1 Å². The predicted molar refractivity (Wildman–Crippen MR) is 81.3 cm³/mol. The molecule has 2 heterocycles. The molecule has 0 atom stereocenters. The molecule has 0 fully saturated rings. The summed E-state index contributed by atoms with van der Waals surface area (Å²) in [5.74, 6) is -0.0900. The van der Waals surface area contributed by atoms with Gasteiger partial charge in [0.1, 0.15) is 0 Å². The quantitative estimate of drug-likeness (QED) is 0.634. The zero-order chi connectivity index (χ0) is 13.8. The van der Waals surface area contributed by atoms with E-state index >= 15 is 0 Å². The second kappa shape index (κ2) is 5.67. The lowest BCUT2D eigenvalue weighted by atomic mass is 10.2. The van der Waals surface area contributed by atoms with Crippen LogP contribution < -0.4 is 0 Å². The van der Waals surface area contributed by atoms with Crippen LogP contribution in [0.15, 0.2) is 64.6 Å². The number of aliphatic imine (C=N–C) groups is 1. The molecule has 1 aromatic heterocycles. The highest BCUT2D eigenvalue weighted by atomic mass is 32.1. The Kier molecular flexibility index (Phi) is 3.56.